The summed E-state index contributed by atoms with van der Waals surface area (Å²) in [6.45, 7) is 10.6. The van der Waals surface area contributed by atoms with Crippen LogP contribution in [0.2, 0.25) is 0 Å². The average Bonchev–Trinajstić information content (AvgIpc) is 3.40. The highest BCUT2D eigenvalue weighted by atomic mass is 32.1. The van der Waals surface area contributed by atoms with Crippen molar-refractivity contribution in [2.75, 3.05) is 11.9 Å². The number of thiazole rings is 1. The number of carbonyl (C=O) groups excluding carboxylic acids is 1. The first kappa shape index (κ1) is 23.8. The van der Waals surface area contributed by atoms with Crippen molar-refractivity contribution in [2.45, 2.75) is 34.6 Å². The Balaban J connectivity index is 1.50. The van der Waals surface area contributed by atoms with Crippen molar-refractivity contribution in [1.82, 2.24) is 4.98 Å². The van der Waals surface area contributed by atoms with Gasteiger partial charge in [0, 0.05) is 34.3 Å². The number of fused-ring (bicyclic) bond motifs is 2. The maximum atomic E-state index is 12.9. The molecule has 36 heavy (non-hydrogen) atoms. The minimum atomic E-state index is -0.205. The zero-order valence-corrected chi connectivity index (χ0v) is 21.9. The van der Waals surface area contributed by atoms with Crippen LogP contribution < -0.4 is 10.1 Å². The van der Waals surface area contributed by atoms with E-state index in [0.717, 1.165) is 48.5 Å². The monoisotopic (exact) mass is 496 g/mol. The average molecular weight is 497 g/mol. The van der Waals surface area contributed by atoms with Crippen LogP contribution in [0, 0.1) is 20.8 Å². The lowest BCUT2D eigenvalue weighted by Gasteiger charge is -2.12. The van der Waals surface area contributed by atoms with Crippen molar-refractivity contribution in [1.29, 1.82) is 0 Å². The minimum absolute atomic E-state index is 0.205. The van der Waals surface area contributed by atoms with E-state index in [-0.39, 0.29) is 5.91 Å². The Hall–Kier alpha value is -3.90. The van der Waals surface area contributed by atoms with E-state index in [1.165, 1.54) is 11.1 Å². The second kappa shape index (κ2) is 9.63. The molecule has 182 valence electrons. The molecule has 1 N–H and O–H groups in total. The number of nitrogens with one attached hydrogen (secondary N) is 1. The van der Waals surface area contributed by atoms with E-state index >= 15 is 0 Å². The van der Waals surface area contributed by atoms with E-state index in [2.05, 4.69) is 48.4 Å². The van der Waals surface area contributed by atoms with Gasteiger partial charge in [0.25, 0.3) is 0 Å². The van der Waals surface area contributed by atoms with Gasteiger partial charge in [-0.2, -0.15) is 0 Å². The second-order valence-electron chi connectivity index (χ2n) is 8.98. The Morgan fingerprint density at radius 1 is 1.08 bits per heavy atom. The molecule has 0 saturated heterocycles. The highest BCUT2D eigenvalue weighted by molar-refractivity contribution is 7.18. The predicted octanol–water partition coefficient (Wildman–Crippen LogP) is 8.08. The van der Waals surface area contributed by atoms with E-state index in [1.54, 1.807) is 23.7 Å². The van der Waals surface area contributed by atoms with E-state index in [0.29, 0.717) is 18.0 Å². The third-order valence-corrected chi connectivity index (χ3v) is 7.13. The van der Waals surface area contributed by atoms with Gasteiger partial charge in [0.15, 0.2) is 0 Å². The number of allylic oxidation sites excluding steroid dienone is 1. The van der Waals surface area contributed by atoms with Crippen LogP contribution >= 0.6 is 11.3 Å². The SMILES string of the molecule is CCOc1cc2occ(-c3ccc(C)cc3C)c2cc1/C(C)=C/C(=O)Nc1ccc2sc(C)nc2c1. The number of aromatic nitrogens is 1. The number of furan rings is 1. The molecule has 3 aromatic carbocycles. The largest absolute Gasteiger partial charge is 0.493 e. The minimum Gasteiger partial charge on any atom is -0.493 e. The molecule has 5 aromatic rings. The smallest absolute Gasteiger partial charge is 0.248 e. The molecule has 1 amide bonds. The zero-order chi connectivity index (χ0) is 25.4. The van der Waals surface area contributed by atoms with Crippen LogP contribution in [0.3, 0.4) is 0 Å². The number of carbonyl (C=O) groups is 1. The summed E-state index contributed by atoms with van der Waals surface area (Å²) in [4.78, 5) is 17.4. The lowest BCUT2D eigenvalue weighted by molar-refractivity contribution is -0.111. The molecule has 6 heteroatoms. The van der Waals surface area contributed by atoms with Gasteiger partial charge in [-0.15, -0.1) is 11.3 Å². The molecule has 0 aliphatic carbocycles. The Bertz CT molecular complexity index is 1640. The molecule has 0 bridgehead atoms. The normalized spacial score (nSPS) is 11.9. The number of hydrogen-bond donors (Lipinski definition) is 1. The topological polar surface area (TPSA) is 64.4 Å². The van der Waals surface area contributed by atoms with E-state index in [9.17, 15) is 4.79 Å². The van der Waals surface area contributed by atoms with Crippen LogP contribution in [0.1, 0.15) is 35.5 Å². The van der Waals surface area contributed by atoms with Gasteiger partial charge in [0.05, 0.1) is 28.1 Å². The van der Waals surface area contributed by atoms with Crippen molar-refractivity contribution >= 4 is 49.7 Å². The Morgan fingerprint density at radius 2 is 1.92 bits per heavy atom. The van der Waals surface area contributed by atoms with Gasteiger partial charge < -0.3 is 14.5 Å². The molecule has 0 atom stereocenters. The van der Waals surface area contributed by atoms with E-state index in [4.69, 9.17) is 9.15 Å². The molecule has 0 aliphatic rings. The van der Waals surface area contributed by atoms with E-state index in [1.807, 2.05) is 45.0 Å². The molecule has 2 aromatic heterocycles. The third kappa shape index (κ3) is 4.64. The van der Waals surface area contributed by atoms with E-state index < -0.39 is 0 Å². The summed E-state index contributed by atoms with van der Waals surface area (Å²) in [6, 6.07) is 16.2. The fourth-order valence-corrected chi connectivity index (χ4v) is 5.34. The number of rotatable bonds is 6. The molecule has 0 aliphatic heterocycles. The first-order valence-electron chi connectivity index (χ1n) is 11.9. The zero-order valence-electron chi connectivity index (χ0n) is 21.1. The number of benzene rings is 3. The number of ether oxygens (including phenoxy) is 1. The van der Waals surface area contributed by atoms with Gasteiger partial charge in [-0.3, -0.25) is 4.79 Å². The standard InChI is InChI=1S/C30H28N2O3S/c1-6-34-27-15-28-24(25(16-35-28)22-9-7-17(2)11-18(22)3)14-23(27)19(4)12-30(33)32-21-8-10-29-26(13-21)31-20(5)36-29/h7-16H,6H2,1-5H3,(H,32,33)/b19-12+. The molecule has 5 rings (SSSR count). The van der Waals surface area contributed by atoms with Crippen molar-refractivity contribution in [3.63, 3.8) is 0 Å². The van der Waals surface area contributed by atoms with Crippen LogP contribution in [0.4, 0.5) is 5.69 Å². The van der Waals surface area contributed by atoms with Crippen molar-refractivity contribution < 1.29 is 13.9 Å². The summed E-state index contributed by atoms with van der Waals surface area (Å²) in [6.07, 6.45) is 3.40. The first-order valence-corrected chi connectivity index (χ1v) is 12.8. The Morgan fingerprint density at radius 3 is 2.69 bits per heavy atom. The second-order valence-corrected chi connectivity index (χ2v) is 10.2. The molecule has 0 saturated carbocycles. The molecule has 0 fully saturated rings. The molecular formula is C30H28N2O3S. The maximum Gasteiger partial charge on any atom is 0.248 e. The van der Waals surface area contributed by atoms with Crippen molar-refractivity contribution in [2.24, 2.45) is 0 Å². The molecular weight excluding hydrogens is 468 g/mol. The van der Waals surface area contributed by atoms with Crippen LogP contribution in [0.15, 0.2) is 65.3 Å². The van der Waals surface area contributed by atoms with Crippen LogP contribution in [0.25, 0.3) is 37.9 Å². The summed E-state index contributed by atoms with van der Waals surface area (Å²) in [5.41, 5.74) is 8.57. The van der Waals surface area contributed by atoms with Gasteiger partial charge in [0.2, 0.25) is 5.91 Å². The quantitative estimate of drug-likeness (QED) is 0.241. The number of hydrogen-bond acceptors (Lipinski definition) is 5. The number of anilines is 1. The lowest BCUT2D eigenvalue weighted by Crippen LogP contribution is -2.08. The van der Waals surface area contributed by atoms with Gasteiger partial charge >= 0.3 is 0 Å². The van der Waals surface area contributed by atoms with Crippen molar-refractivity contribution in [3.8, 4) is 16.9 Å². The molecule has 0 radical (unpaired) electrons. The third-order valence-electron chi connectivity index (χ3n) is 6.18. The molecule has 2 heterocycles. The van der Waals surface area contributed by atoms with Crippen LogP contribution in [-0.4, -0.2) is 17.5 Å². The summed E-state index contributed by atoms with van der Waals surface area (Å²) in [5, 5.41) is 4.95. The molecule has 0 unspecified atom stereocenters. The summed E-state index contributed by atoms with van der Waals surface area (Å²) >= 11 is 1.64. The highest BCUT2D eigenvalue weighted by Gasteiger charge is 2.16. The van der Waals surface area contributed by atoms with Gasteiger partial charge in [-0.1, -0.05) is 23.8 Å². The van der Waals surface area contributed by atoms with Gasteiger partial charge in [-0.05, 0) is 75.6 Å². The highest BCUT2D eigenvalue weighted by Crippen LogP contribution is 2.38. The summed E-state index contributed by atoms with van der Waals surface area (Å²) in [5.74, 6) is 0.482. The predicted molar refractivity (Wildman–Crippen MR) is 149 cm³/mol. The number of amides is 1. The first-order chi connectivity index (χ1) is 17.3. The Labute approximate surface area is 214 Å². The fraction of sp³-hybridized carbons (Fsp3) is 0.200. The lowest BCUT2D eigenvalue weighted by atomic mass is 9.96. The van der Waals surface area contributed by atoms with Crippen LogP contribution in [0.5, 0.6) is 5.75 Å². The fourth-order valence-electron chi connectivity index (χ4n) is 4.54. The summed E-state index contributed by atoms with van der Waals surface area (Å²) < 4.78 is 13.0. The number of nitrogens with zero attached hydrogens (tertiary/aromatic N) is 1. The van der Waals surface area contributed by atoms with Crippen molar-refractivity contribution in [3.05, 3.63) is 82.6 Å². The molecule has 0 spiro atoms. The molecule has 5 nitrogen and oxygen atoms in total. The maximum absolute atomic E-state index is 12.9. The van der Waals surface area contributed by atoms with Gasteiger partial charge in [-0.25, -0.2) is 4.98 Å². The van der Waals surface area contributed by atoms with Gasteiger partial charge in [0.1, 0.15) is 11.3 Å². The summed E-state index contributed by atoms with van der Waals surface area (Å²) in [7, 11) is 0. The Kier molecular flexibility index (Phi) is 6.37. The number of aryl methyl sites for hydroxylation is 3. The van der Waals surface area contributed by atoms with Crippen LogP contribution in [-0.2, 0) is 4.79 Å².